The first kappa shape index (κ1) is 15.0. The number of hydrogen-bond acceptors (Lipinski definition) is 4. The third kappa shape index (κ3) is 3.04. The van der Waals surface area contributed by atoms with Crippen LogP contribution in [0.15, 0.2) is 24.3 Å². The lowest BCUT2D eigenvalue weighted by atomic mass is 10.1. The summed E-state index contributed by atoms with van der Waals surface area (Å²) >= 11 is 0. The van der Waals surface area contributed by atoms with Crippen LogP contribution in [0.3, 0.4) is 0 Å². The fourth-order valence-corrected chi connectivity index (χ4v) is 2.40. The van der Waals surface area contributed by atoms with Gasteiger partial charge in [-0.2, -0.15) is 0 Å². The first-order valence-corrected chi connectivity index (χ1v) is 6.85. The summed E-state index contributed by atoms with van der Waals surface area (Å²) in [7, 11) is 1.31. The van der Waals surface area contributed by atoms with E-state index in [9.17, 15) is 14.4 Å². The zero-order chi connectivity index (χ0) is 15.4. The lowest BCUT2D eigenvalue weighted by Gasteiger charge is -2.34. The molecule has 1 aliphatic heterocycles. The van der Waals surface area contributed by atoms with Gasteiger partial charge in [0.2, 0.25) is 5.91 Å². The van der Waals surface area contributed by atoms with E-state index in [0.29, 0.717) is 30.6 Å². The molecule has 1 aromatic rings. The van der Waals surface area contributed by atoms with Gasteiger partial charge >= 0.3 is 5.97 Å². The molecule has 1 aliphatic rings. The predicted octanol–water partition coefficient (Wildman–Crippen LogP) is 0.824. The van der Waals surface area contributed by atoms with Crippen LogP contribution in [0.4, 0.5) is 0 Å². The van der Waals surface area contributed by atoms with Gasteiger partial charge in [0.25, 0.3) is 5.91 Å². The Kier molecular flexibility index (Phi) is 4.57. The van der Waals surface area contributed by atoms with E-state index >= 15 is 0 Å². The normalized spacial score (nSPS) is 18.1. The molecule has 112 valence electrons. The summed E-state index contributed by atoms with van der Waals surface area (Å²) in [6.07, 6.45) is 0.567. The minimum absolute atomic E-state index is 0.122. The third-order valence-electron chi connectivity index (χ3n) is 3.53. The van der Waals surface area contributed by atoms with Crippen LogP contribution < -0.4 is 5.32 Å². The Morgan fingerprint density at radius 2 is 1.90 bits per heavy atom. The number of esters is 1. The number of carbonyl (C=O) groups is 3. The number of amides is 2. The highest BCUT2D eigenvalue weighted by Crippen LogP contribution is 2.14. The van der Waals surface area contributed by atoms with E-state index in [1.54, 1.807) is 29.2 Å². The number of ether oxygens (including phenoxy) is 1. The summed E-state index contributed by atoms with van der Waals surface area (Å²) in [6.45, 7) is 2.82. The van der Waals surface area contributed by atoms with Crippen molar-refractivity contribution in [3.63, 3.8) is 0 Å². The van der Waals surface area contributed by atoms with E-state index in [0.717, 1.165) is 0 Å². The highest BCUT2D eigenvalue weighted by atomic mass is 16.5. The Morgan fingerprint density at radius 1 is 1.29 bits per heavy atom. The number of benzene rings is 1. The Hall–Kier alpha value is -2.37. The molecular formula is C15H18N2O4. The second kappa shape index (κ2) is 6.39. The van der Waals surface area contributed by atoms with Gasteiger partial charge in [-0.05, 0) is 30.7 Å². The third-order valence-corrected chi connectivity index (χ3v) is 3.53. The molecule has 6 heteroatoms. The molecule has 1 atom stereocenters. The lowest BCUT2D eigenvalue weighted by molar-refractivity contribution is -0.127. The average Bonchev–Trinajstić information content (AvgIpc) is 2.53. The van der Waals surface area contributed by atoms with Crippen LogP contribution in [0.2, 0.25) is 0 Å². The smallest absolute Gasteiger partial charge is 0.337 e. The summed E-state index contributed by atoms with van der Waals surface area (Å²) in [4.78, 5) is 37.2. The second-order valence-electron chi connectivity index (χ2n) is 4.78. The monoisotopic (exact) mass is 290 g/mol. The lowest BCUT2D eigenvalue weighted by Crippen LogP contribution is -2.56. The van der Waals surface area contributed by atoms with Crippen LogP contribution in [0.1, 0.15) is 34.1 Å². The molecule has 6 nitrogen and oxygen atoms in total. The number of rotatable bonds is 3. The van der Waals surface area contributed by atoms with E-state index < -0.39 is 12.0 Å². The summed E-state index contributed by atoms with van der Waals surface area (Å²) in [6, 6.07) is 5.81. The standard InChI is InChI=1S/C15H18N2O4/c1-3-12-13(18)16-8-9-17(12)14(19)10-4-6-11(7-5-10)15(20)21-2/h4-7,12H,3,8-9H2,1-2H3,(H,16,18). The molecule has 21 heavy (non-hydrogen) atoms. The molecule has 0 radical (unpaired) electrons. The van der Waals surface area contributed by atoms with Crippen LogP contribution in [0.25, 0.3) is 0 Å². The molecule has 1 fully saturated rings. The highest BCUT2D eigenvalue weighted by Gasteiger charge is 2.32. The van der Waals surface area contributed by atoms with Gasteiger partial charge in [0.1, 0.15) is 6.04 Å². The van der Waals surface area contributed by atoms with Crippen molar-refractivity contribution in [1.82, 2.24) is 10.2 Å². The maximum atomic E-state index is 12.5. The zero-order valence-corrected chi connectivity index (χ0v) is 12.1. The molecule has 0 spiro atoms. The maximum absolute atomic E-state index is 12.5. The first-order valence-electron chi connectivity index (χ1n) is 6.85. The SMILES string of the molecule is CCC1C(=O)NCCN1C(=O)c1ccc(C(=O)OC)cc1. The summed E-state index contributed by atoms with van der Waals surface area (Å²) in [5.41, 5.74) is 0.841. The second-order valence-corrected chi connectivity index (χ2v) is 4.78. The van der Waals surface area contributed by atoms with Crippen molar-refractivity contribution < 1.29 is 19.1 Å². The molecule has 0 aliphatic carbocycles. The maximum Gasteiger partial charge on any atom is 0.337 e. The van der Waals surface area contributed by atoms with Crippen molar-refractivity contribution in [2.45, 2.75) is 19.4 Å². The quantitative estimate of drug-likeness (QED) is 0.836. The van der Waals surface area contributed by atoms with Crippen molar-refractivity contribution in [2.75, 3.05) is 20.2 Å². The fourth-order valence-electron chi connectivity index (χ4n) is 2.40. The topological polar surface area (TPSA) is 75.7 Å². The number of methoxy groups -OCH3 is 1. The summed E-state index contributed by atoms with van der Waals surface area (Å²) < 4.78 is 4.61. The number of nitrogens with one attached hydrogen (secondary N) is 1. The Balaban J connectivity index is 2.19. The van der Waals surface area contributed by atoms with Crippen LogP contribution in [0.5, 0.6) is 0 Å². The van der Waals surface area contributed by atoms with Crippen LogP contribution in [-0.4, -0.2) is 48.9 Å². The predicted molar refractivity (Wildman–Crippen MR) is 75.9 cm³/mol. The van der Waals surface area contributed by atoms with E-state index in [4.69, 9.17) is 0 Å². The number of piperazine rings is 1. The summed E-state index contributed by atoms with van der Waals surface area (Å²) in [5, 5.41) is 2.76. The minimum Gasteiger partial charge on any atom is -0.465 e. The number of carbonyl (C=O) groups excluding carboxylic acids is 3. The molecule has 0 bridgehead atoms. The molecule has 1 unspecified atom stereocenters. The van der Waals surface area contributed by atoms with Gasteiger partial charge < -0.3 is 15.0 Å². The molecular weight excluding hydrogens is 272 g/mol. The highest BCUT2D eigenvalue weighted by molar-refractivity contribution is 5.99. The Labute approximate surface area is 123 Å². The molecule has 1 N–H and O–H groups in total. The van der Waals surface area contributed by atoms with Gasteiger partial charge in [-0.1, -0.05) is 6.92 Å². The molecule has 2 rings (SSSR count). The summed E-state index contributed by atoms with van der Waals surface area (Å²) in [5.74, 6) is -0.769. The van der Waals surface area contributed by atoms with Crippen molar-refractivity contribution >= 4 is 17.8 Å². The fraction of sp³-hybridized carbons (Fsp3) is 0.400. The van der Waals surface area contributed by atoms with Gasteiger partial charge in [-0.15, -0.1) is 0 Å². The molecule has 0 saturated carbocycles. The van der Waals surface area contributed by atoms with Gasteiger partial charge in [0.15, 0.2) is 0 Å². The van der Waals surface area contributed by atoms with Crippen LogP contribution in [0, 0.1) is 0 Å². The van der Waals surface area contributed by atoms with Crippen molar-refractivity contribution in [2.24, 2.45) is 0 Å². The number of nitrogens with zero attached hydrogens (tertiary/aromatic N) is 1. The molecule has 1 saturated heterocycles. The Bertz CT molecular complexity index is 553. The van der Waals surface area contributed by atoms with Crippen molar-refractivity contribution in [3.8, 4) is 0 Å². The van der Waals surface area contributed by atoms with Crippen molar-refractivity contribution in [1.29, 1.82) is 0 Å². The van der Waals surface area contributed by atoms with Gasteiger partial charge in [0, 0.05) is 18.7 Å². The van der Waals surface area contributed by atoms with E-state index in [-0.39, 0.29) is 11.8 Å². The zero-order valence-electron chi connectivity index (χ0n) is 12.1. The largest absolute Gasteiger partial charge is 0.465 e. The van der Waals surface area contributed by atoms with Gasteiger partial charge in [-0.25, -0.2) is 4.79 Å². The minimum atomic E-state index is -0.446. The molecule has 0 aromatic heterocycles. The first-order chi connectivity index (χ1) is 10.1. The molecule has 1 aromatic carbocycles. The van der Waals surface area contributed by atoms with Crippen LogP contribution in [-0.2, 0) is 9.53 Å². The van der Waals surface area contributed by atoms with E-state index in [2.05, 4.69) is 10.1 Å². The average molecular weight is 290 g/mol. The number of hydrogen-bond donors (Lipinski definition) is 1. The Morgan fingerprint density at radius 3 is 2.48 bits per heavy atom. The van der Waals surface area contributed by atoms with Crippen LogP contribution >= 0.6 is 0 Å². The van der Waals surface area contributed by atoms with E-state index in [1.807, 2.05) is 6.92 Å². The molecule has 1 heterocycles. The molecule has 2 amide bonds. The van der Waals surface area contributed by atoms with Gasteiger partial charge in [0.05, 0.1) is 12.7 Å². The van der Waals surface area contributed by atoms with Crippen molar-refractivity contribution in [3.05, 3.63) is 35.4 Å². The van der Waals surface area contributed by atoms with E-state index in [1.165, 1.54) is 7.11 Å². The van der Waals surface area contributed by atoms with Gasteiger partial charge in [-0.3, -0.25) is 9.59 Å².